The number of benzene rings is 1. The molecule has 0 fully saturated rings. The van der Waals surface area contributed by atoms with Crippen LogP contribution in [0.2, 0.25) is 0 Å². The van der Waals surface area contributed by atoms with E-state index in [0.717, 1.165) is 33.2 Å². The molecule has 0 spiro atoms. The molecule has 0 unspecified atom stereocenters. The summed E-state index contributed by atoms with van der Waals surface area (Å²) in [6.45, 7) is 6.99. The predicted molar refractivity (Wildman–Crippen MR) is 104 cm³/mol. The number of aromatic nitrogens is 1. The zero-order valence-electron chi connectivity index (χ0n) is 16.0. The molecule has 0 saturated carbocycles. The SMILES string of the molecule is Cc1cc(C)c2c(CC(=O)N(CCC#N)Cc3cccnc3)coc2c1C. The maximum Gasteiger partial charge on any atom is 0.227 e. The lowest BCUT2D eigenvalue weighted by Gasteiger charge is -2.21. The molecule has 3 rings (SSSR count). The Hall–Kier alpha value is -3.13. The van der Waals surface area contributed by atoms with Gasteiger partial charge in [0.25, 0.3) is 0 Å². The van der Waals surface area contributed by atoms with Gasteiger partial charge in [0.15, 0.2) is 0 Å². The Morgan fingerprint density at radius 2 is 2.11 bits per heavy atom. The first-order chi connectivity index (χ1) is 13.0. The van der Waals surface area contributed by atoms with Crippen LogP contribution in [-0.2, 0) is 17.8 Å². The first-order valence-electron chi connectivity index (χ1n) is 9.01. The monoisotopic (exact) mass is 361 g/mol. The fourth-order valence-corrected chi connectivity index (χ4v) is 3.38. The van der Waals surface area contributed by atoms with Crippen LogP contribution >= 0.6 is 0 Å². The molecular weight excluding hydrogens is 338 g/mol. The predicted octanol–water partition coefficient (Wildman–Crippen LogP) is 4.24. The van der Waals surface area contributed by atoms with Crippen LogP contribution < -0.4 is 0 Å². The fraction of sp³-hybridized carbons (Fsp3) is 0.318. The minimum absolute atomic E-state index is 0.0190. The average molecular weight is 361 g/mol. The third-order valence-electron chi connectivity index (χ3n) is 4.91. The molecule has 0 aliphatic carbocycles. The van der Waals surface area contributed by atoms with Gasteiger partial charge in [0, 0.05) is 36.4 Å². The van der Waals surface area contributed by atoms with Gasteiger partial charge >= 0.3 is 0 Å². The Morgan fingerprint density at radius 1 is 1.30 bits per heavy atom. The van der Waals surface area contributed by atoms with Gasteiger partial charge < -0.3 is 9.32 Å². The van der Waals surface area contributed by atoms with E-state index in [1.807, 2.05) is 26.0 Å². The van der Waals surface area contributed by atoms with Crippen LogP contribution in [0, 0.1) is 32.1 Å². The van der Waals surface area contributed by atoms with Gasteiger partial charge in [-0.15, -0.1) is 0 Å². The third kappa shape index (κ3) is 4.01. The average Bonchev–Trinajstić information content (AvgIpc) is 3.08. The van der Waals surface area contributed by atoms with Crippen molar-refractivity contribution in [1.82, 2.24) is 9.88 Å². The van der Waals surface area contributed by atoms with Gasteiger partial charge in [0.1, 0.15) is 5.58 Å². The molecule has 138 valence electrons. The van der Waals surface area contributed by atoms with Gasteiger partial charge in [0.05, 0.1) is 25.2 Å². The van der Waals surface area contributed by atoms with Crippen LogP contribution in [0.5, 0.6) is 0 Å². The number of furan rings is 1. The molecule has 0 radical (unpaired) electrons. The molecule has 1 amide bonds. The summed E-state index contributed by atoms with van der Waals surface area (Å²) in [7, 11) is 0. The summed E-state index contributed by atoms with van der Waals surface area (Å²) in [4.78, 5) is 18.8. The summed E-state index contributed by atoms with van der Waals surface area (Å²) >= 11 is 0. The Bertz CT molecular complexity index is 1000. The van der Waals surface area contributed by atoms with Crippen molar-refractivity contribution in [3.8, 4) is 6.07 Å². The van der Waals surface area contributed by atoms with Crippen LogP contribution in [-0.4, -0.2) is 22.3 Å². The molecule has 2 heterocycles. The van der Waals surface area contributed by atoms with Gasteiger partial charge in [-0.25, -0.2) is 0 Å². The van der Waals surface area contributed by atoms with E-state index in [1.54, 1.807) is 23.6 Å². The summed E-state index contributed by atoms with van der Waals surface area (Å²) in [5, 5.41) is 9.96. The molecule has 5 nitrogen and oxygen atoms in total. The number of rotatable bonds is 6. The lowest BCUT2D eigenvalue weighted by atomic mass is 9.98. The molecule has 5 heteroatoms. The number of amides is 1. The first kappa shape index (κ1) is 18.7. The quantitative estimate of drug-likeness (QED) is 0.658. The Kier molecular flexibility index (Phi) is 5.56. The highest BCUT2D eigenvalue weighted by molar-refractivity contribution is 5.91. The topological polar surface area (TPSA) is 70.1 Å². The van der Waals surface area contributed by atoms with Crippen LogP contribution in [0.1, 0.15) is 34.2 Å². The van der Waals surface area contributed by atoms with Crippen molar-refractivity contribution < 1.29 is 9.21 Å². The minimum Gasteiger partial charge on any atom is -0.464 e. The standard InChI is InChI=1S/C22H23N3O2/c1-15-10-16(2)21-19(14-27-22(21)17(15)3)11-20(26)25(9-5-7-23)13-18-6-4-8-24-12-18/h4,6,8,10,12,14H,5,9,11,13H2,1-3H3. The van der Waals surface area contributed by atoms with E-state index in [2.05, 4.69) is 24.0 Å². The summed E-state index contributed by atoms with van der Waals surface area (Å²) in [5.41, 5.74) is 6.09. The van der Waals surface area contributed by atoms with E-state index >= 15 is 0 Å². The Labute approximate surface area is 159 Å². The minimum atomic E-state index is -0.0190. The van der Waals surface area contributed by atoms with E-state index in [9.17, 15) is 4.79 Å². The zero-order chi connectivity index (χ0) is 19.4. The number of nitriles is 1. The van der Waals surface area contributed by atoms with E-state index in [0.29, 0.717) is 19.5 Å². The second kappa shape index (κ2) is 8.05. The highest BCUT2D eigenvalue weighted by Gasteiger charge is 2.19. The summed E-state index contributed by atoms with van der Waals surface area (Å²) in [6.07, 6.45) is 5.69. The molecule has 1 aromatic carbocycles. The summed E-state index contributed by atoms with van der Waals surface area (Å²) < 4.78 is 5.79. The van der Waals surface area contributed by atoms with Crippen molar-refractivity contribution in [2.45, 2.75) is 40.2 Å². The van der Waals surface area contributed by atoms with Gasteiger partial charge in [-0.2, -0.15) is 5.26 Å². The summed E-state index contributed by atoms with van der Waals surface area (Å²) in [5.74, 6) is -0.0190. The third-order valence-corrected chi connectivity index (χ3v) is 4.91. The summed E-state index contributed by atoms with van der Waals surface area (Å²) in [6, 6.07) is 8.03. The molecule has 0 N–H and O–H groups in total. The number of pyridine rings is 1. The number of carbonyl (C=O) groups is 1. The molecular formula is C22H23N3O2. The Balaban J connectivity index is 1.86. The zero-order valence-corrected chi connectivity index (χ0v) is 16.0. The molecule has 0 bridgehead atoms. The molecule has 3 aromatic rings. The van der Waals surface area contributed by atoms with E-state index in [1.165, 1.54) is 5.56 Å². The highest BCUT2D eigenvalue weighted by Crippen LogP contribution is 2.30. The molecule has 27 heavy (non-hydrogen) atoms. The number of hydrogen-bond acceptors (Lipinski definition) is 4. The normalized spacial score (nSPS) is 10.7. The van der Waals surface area contributed by atoms with Crippen molar-refractivity contribution in [3.05, 3.63) is 64.7 Å². The number of hydrogen-bond donors (Lipinski definition) is 0. The highest BCUT2D eigenvalue weighted by atomic mass is 16.3. The largest absolute Gasteiger partial charge is 0.464 e. The van der Waals surface area contributed by atoms with Gasteiger partial charge in [-0.1, -0.05) is 12.1 Å². The van der Waals surface area contributed by atoms with Crippen molar-refractivity contribution >= 4 is 16.9 Å². The fourth-order valence-electron chi connectivity index (χ4n) is 3.38. The smallest absolute Gasteiger partial charge is 0.227 e. The van der Waals surface area contributed by atoms with E-state index < -0.39 is 0 Å². The molecule has 0 saturated heterocycles. The lowest BCUT2D eigenvalue weighted by Crippen LogP contribution is -2.32. The van der Waals surface area contributed by atoms with Crippen LogP contribution in [0.25, 0.3) is 11.0 Å². The second-order valence-corrected chi connectivity index (χ2v) is 6.86. The van der Waals surface area contributed by atoms with E-state index in [-0.39, 0.29) is 12.3 Å². The molecule has 0 atom stereocenters. The number of carbonyl (C=O) groups excluding carboxylic acids is 1. The second-order valence-electron chi connectivity index (χ2n) is 6.86. The van der Waals surface area contributed by atoms with Crippen molar-refractivity contribution in [1.29, 1.82) is 5.26 Å². The van der Waals surface area contributed by atoms with Crippen molar-refractivity contribution in [2.24, 2.45) is 0 Å². The van der Waals surface area contributed by atoms with Gasteiger partial charge in [-0.05, 0) is 49.1 Å². The molecule has 2 aromatic heterocycles. The van der Waals surface area contributed by atoms with Gasteiger partial charge in [-0.3, -0.25) is 9.78 Å². The van der Waals surface area contributed by atoms with Crippen LogP contribution in [0.4, 0.5) is 0 Å². The van der Waals surface area contributed by atoms with Crippen molar-refractivity contribution in [3.63, 3.8) is 0 Å². The molecule has 0 aliphatic rings. The van der Waals surface area contributed by atoms with Crippen LogP contribution in [0.15, 0.2) is 41.3 Å². The number of nitrogens with zero attached hydrogens (tertiary/aromatic N) is 3. The Morgan fingerprint density at radius 3 is 2.81 bits per heavy atom. The van der Waals surface area contributed by atoms with Crippen molar-refractivity contribution in [2.75, 3.05) is 6.54 Å². The number of fused-ring (bicyclic) bond motifs is 1. The van der Waals surface area contributed by atoms with Crippen LogP contribution in [0.3, 0.4) is 0 Å². The maximum absolute atomic E-state index is 13.0. The number of aryl methyl sites for hydroxylation is 3. The van der Waals surface area contributed by atoms with Gasteiger partial charge in [0.2, 0.25) is 5.91 Å². The first-order valence-corrected chi connectivity index (χ1v) is 9.01. The lowest BCUT2D eigenvalue weighted by molar-refractivity contribution is -0.131. The maximum atomic E-state index is 13.0. The van der Waals surface area contributed by atoms with E-state index in [4.69, 9.17) is 9.68 Å². The molecule has 0 aliphatic heterocycles.